The van der Waals surface area contributed by atoms with Crippen molar-refractivity contribution < 1.29 is 14.7 Å². The minimum atomic E-state index is -0.930. The minimum Gasteiger partial charge on any atom is -0.480 e. The van der Waals surface area contributed by atoms with Crippen LogP contribution < -0.4 is 5.32 Å². The number of hydrogen-bond donors (Lipinski definition) is 2. The van der Waals surface area contributed by atoms with E-state index >= 15 is 0 Å². The van der Waals surface area contributed by atoms with E-state index in [-0.39, 0.29) is 12.1 Å². The number of rotatable bonds is 3. The van der Waals surface area contributed by atoms with Crippen LogP contribution >= 0.6 is 0 Å². The monoisotopic (exact) mass is 276 g/mol. The van der Waals surface area contributed by atoms with Gasteiger partial charge in [-0.3, -0.25) is 0 Å². The second kappa shape index (κ2) is 5.94. The number of urea groups is 1. The minimum absolute atomic E-state index is 0.141. The van der Waals surface area contributed by atoms with Gasteiger partial charge in [0.15, 0.2) is 0 Å². The Hall–Kier alpha value is -2.04. The molecule has 2 amide bonds. The van der Waals surface area contributed by atoms with E-state index in [9.17, 15) is 9.59 Å². The molecule has 5 heteroatoms. The highest BCUT2D eigenvalue weighted by Crippen LogP contribution is 2.19. The second-order valence-electron chi connectivity index (χ2n) is 5.27. The first-order valence-electron chi connectivity index (χ1n) is 6.85. The van der Waals surface area contributed by atoms with Crippen LogP contribution in [0.1, 0.15) is 36.9 Å². The van der Waals surface area contributed by atoms with E-state index in [2.05, 4.69) is 5.32 Å². The lowest BCUT2D eigenvalue weighted by molar-refractivity contribution is -0.141. The van der Waals surface area contributed by atoms with Crippen molar-refractivity contribution in [2.24, 2.45) is 0 Å². The van der Waals surface area contributed by atoms with Gasteiger partial charge in [0.25, 0.3) is 0 Å². The molecule has 0 aliphatic carbocycles. The maximum atomic E-state index is 12.2. The molecule has 1 saturated heterocycles. The summed E-state index contributed by atoms with van der Waals surface area (Å²) in [5.74, 6) is -0.930. The van der Waals surface area contributed by atoms with E-state index in [1.807, 2.05) is 38.1 Å². The number of aryl methyl sites for hydroxylation is 1. The summed E-state index contributed by atoms with van der Waals surface area (Å²) < 4.78 is 0. The molecule has 1 fully saturated rings. The molecule has 2 rings (SSSR count). The Kier molecular flexibility index (Phi) is 4.27. The fourth-order valence-electron chi connectivity index (χ4n) is 2.47. The number of carbonyl (C=O) groups excluding carboxylic acids is 1. The summed E-state index contributed by atoms with van der Waals surface area (Å²) in [6.07, 6.45) is 1.27. The zero-order valence-electron chi connectivity index (χ0n) is 11.8. The topological polar surface area (TPSA) is 69.6 Å². The first-order chi connectivity index (χ1) is 9.49. The smallest absolute Gasteiger partial charge is 0.326 e. The highest BCUT2D eigenvalue weighted by atomic mass is 16.4. The van der Waals surface area contributed by atoms with Gasteiger partial charge >= 0.3 is 12.0 Å². The summed E-state index contributed by atoms with van der Waals surface area (Å²) >= 11 is 0. The van der Waals surface area contributed by atoms with Crippen molar-refractivity contribution in [3.8, 4) is 0 Å². The molecule has 20 heavy (non-hydrogen) atoms. The highest BCUT2D eigenvalue weighted by molar-refractivity contribution is 5.83. The van der Waals surface area contributed by atoms with E-state index in [0.717, 1.165) is 17.5 Å². The number of hydrogen-bond acceptors (Lipinski definition) is 2. The van der Waals surface area contributed by atoms with E-state index in [1.54, 1.807) is 0 Å². The van der Waals surface area contributed by atoms with Crippen LogP contribution in [0.15, 0.2) is 24.3 Å². The number of carboxylic acids is 1. The van der Waals surface area contributed by atoms with Gasteiger partial charge in [-0.1, -0.05) is 29.8 Å². The summed E-state index contributed by atoms with van der Waals surface area (Å²) in [6, 6.07) is 6.79. The van der Waals surface area contributed by atoms with Crippen LogP contribution in [-0.2, 0) is 4.79 Å². The van der Waals surface area contributed by atoms with E-state index < -0.39 is 12.0 Å². The van der Waals surface area contributed by atoms with E-state index in [4.69, 9.17) is 5.11 Å². The van der Waals surface area contributed by atoms with Crippen LogP contribution in [-0.4, -0.2) is 34.6 Å². The number of nitrogens with one attached hydrogen (secondary N) is 1. The third-order valence-corrected chi connectivity index (χ3v) is 3.72. The average Bonchev–Trinajstić information content (AvgIpc) is 2.88. The lowest BCUT2D eigenvalue weighted by atomic mass is 10.1. The first-order valence-corrected chi connectivity index (χ1v) is 6.85. The van der Waals surface area contributed by atoms with E-state index in [0.29, 0.717) is 13.0 Å². The van der Waals surface area contributed by atoms with Crippen LogP contribution in [0.2, 0.25) is 0 Å². The Morgan fingerprint density at radius 2 is 2.00 bits per heavy atom. The van der Waals surface area contributed by atoms with Crippen LogP contribution in [0.3, 0.4) is 0 Å². The molecule has 0 spiro atoms. The van der Waals surface area contributed by atoms with Crippen molar-refractivity contribution in [3.63, 3.8) is 0 Å². The average molecular weight is 276 g/mol. The quantitative estimate of drug-likeness (QED) is 0.890. The first kappa shape index (κ1) is 14.4. The standard InChI is InChI=1S/C15H20N2O3/c1-10-5-7-12(8-6-10)11(2)16-15(20)17-9-3-4-13(17)14(18)19/h5-8,11,13H,3-4,9H2,1-2H3,(H,16,20)(H,18,19)/t11?,13-/m1/s1. The van der Waals surface area contributed by atoms with Gasteiger partial charge in [0.1, 0.15) is 6.04 Å². The van der Waals surface area contributed by atoms with Crippen LogP contribution in [0.25, 0.3) is 0 Å². The molecular formula is C15H20N2O3. The number of carbonyl (C=O) groups is 2. The van der Waals surface area contributed by atoms with E-state index in [1.165, 1.54) is 4.90 Å². The molecular weight excluding hydrogens is 256 g/mol. The fraction of sp³-hybridized carbons (Fsp3) is 0.467. The van der Waals surface area contributed by atoms with Gasteiger partial charge < -0.3 is 15.3 Å². The SMILES string of the molecule is Cc1ccc(C(C)NC(=O)N2CCC[C@@H]2C(=O)O)cc1. The van der Waals surface area contributed by atoms with Gasteiger partial charge in [0.05, 0.1) is 6.04 Å². The molecule has 2 N–H and O–H groups in total. The molecule has 1 aromatic rings. The van der Waals surface area contributed by atoms with Gasteiger partial charge in [-0.05, 0) is 32.3 Å². The third-order valence-electron chi connectivity index (χ3n) is 3.72. The van der Waals surface area contributed by atoms with Crippen molar-refractivity contribution in [2.75, 3.05) is 6.54 Å². The van der Waals surface area contributed by atoms with Gasteiger partial charge in [0, 0.05) is 6.54 Å². The summed E-state index contributed by atoms with van der Waals surface area (Å²) in [5.41, 5.74) is 2.17. The lowest BCUT2D eigenvalue weighted by Crippen LogP contribution is -2.46. The molecule has 1 aliphatic heterocycles. The predicted octanol–water partition coefficient (Wildman–Crippen LogP) is 2.31. The zero-order chi connectivity index (χ0) is 14.7. The number of likely N-dealkylation sites (tertiary alicyclic amines) is 1. The number of amides is 2. The normalized spacial score (nSPS) is 19.7. The van der Waals surface area contributed by atoms with Crippen molar-refractivity contribution in [2.45, 2.75) is 38.8 Å². The van der Waals surface area contributed by atoms with Crippen LogP contribution in [0, 0.1) is 6.92 Å². The number of aliphatic carboxylic acids is 1. The summed E-state index contributed by atoms with van der Waals surface area (Å²) in [6.45, 7) is 4.41. The molecule has 0 saturated carbocycles. The van der Waals surface area contributed by atoms with Crippen molar-refractivity contribution in [1.29, 1.82) is 0 Å². The van der Waals surface area contributed by atoms with Crippen LogP contribution in [0.5, 0.6) is 0 Å². The molecule has 108 valence electrons. The molecule has 1 aliphatic rings. The maximum Gasteiger partial charge on any atom is 0.326 e. The van der Waals surface area contributed by atoms with Gasteiger partial charge in [-0.15, -0.1) is 0 Å². The van der Waals surface area contributed by atoms with Gasteiger partial charge in [-0.2, -0.15) is 0 Å². The van der Waals surface area contributed by atoms with Crippen molar-refractivity contribution in [3.05, 3.63) is 35.4 Å². The van der Waals surface area contributed by atoms with Crippen molar-refractivity contribution in [1.82, 2.24) is 10.2 Å². The molecule has 0 aromatic heterocycles. The Morgan fingerprint density at radius 1 is 1.35 bits per heavy atom. The molecule has 1 heterocycles. The summed E-state index contributed by atoms with van der Waals surface area (Å²) in [4.78, 5) is 24.7. The summed E-state index contributed by atoms with van der Waals surface area (Å²) in [5, 5.41) is 12.0. The largest absolute Gasteiger partial charge is 0.480 e. The zero-order valence-corrected chi connectivity index (χ0v) is 11.8. The molecule has 0 radical (unpaired) electrons. The van der Waals surface area contributed by atoms with Gasteiger partial charge in [-0.25, -0.2) is 9.59 Å². The Morgan fingerprint density at radius 3 is 2.60 bits per heavy atom. The van der Waals surface area contributed by atoms with Gasteiger partial charge in [0.2, 0.25) is 0 Å². The Labute approximate surface area is 118 Å². The molecule has 1 aromatic carbocycles. The number of carboxylic acid groups (broad SMARTS) is 1. The molecule has 0 bridgehead atoms. The second-order valence-corrected chi connectivity index (χ2v) is 5.27. The van der Waals surface area contributed by atoms with Crippen molar-refractivity contribution >= 4 is 12.0 Å². The lowest BCUT2D eigenvalue weighted by Gasteiger charge is -2.24. The fourth-order valence-corrected chi connectivity index (χ4v) is 2.47. The van der Waals surface area contributed by atoms with Crippen LogP contribution in [0.4, 0.5) is 4.79 Å². The highest BCUT2D eigenvalue weighted by Gasteiger charge is 2.34. The third kappa shape index (κ3) is 3.10. The number of nitrogens with zero attached hydrogens (tertiary/aromatic N) is 1. The molecule has 2 atom stereocenters. The molecule has 5 nitrogen and oxygen atoms in total. The number of benzene rings is 1. The maximum absolute atomic E-state index is 12.2. The summed E-state index contributed by atoms with van der Waals surface area (Å²) in [7, 11) is 0. The Balaban J connectivity index is 2.00. The molecule has 1 unspecified atom stereocenters. The predicted molar refractivity (Wildman–Crippen MR) is 75.5 cm³/mol. The Bertz CT molecular complexity index is 498.